The van der Waals surface area contributed by atoms with Crippen molar-refractivity contribution in [1.29, 1.82) is 0 Å². The number of nitrogens with zero attached hydrogens (tertiary/aromatic N) is 1. The van der Waals surface area contributed by atoms with Gasteiger partial charge >= 0.3 is 0 Å². The Balaban J connectivity index is 1.83. The van der Waals surface area contributed by atoms with E-state index in [-0.39, 0.29) is 24.4 Å². The van der Waals surface area contributed by atoms with Crippen LogP contribution in [0.3, 0.4) is 0 Å². The minimum absolute atomic E-state index is 0.141. The first kappa shape index (κ1) is 15.7. The maximum absolute atomic E-state index is 12.0. The Hall–Kier alpha value is -1.72. The molecule has 1 aliphatic heterocycles. The molecule has 2 unspecified atom stereocenters. The van der Waals surface area contributed by atoms with Gasteiger partial charge in [0, 0.05) is 18.2 Å². The molecule has 5 nitrogen and oxygen atoms in total. The summed E-state index contributed by atoms with van der Waals surface area (Å²) in [5.74, 6) is -0.174. The van der Waals surface area contributed by atoms with Crippen LogP contribution in [0.25, 0.3) is 0 Å². The van der Waals surface area contributed by atoms with E-state index in [1.54, 1.807) is 24.3 Å². The third kappa shape index (κ3) is 4.65. The molecule has 2 atom stereocenters. The summed E-state index contributed by atoms with van der Waals surface area (Å²) in [5.41, 5.74) is 6.43. The average Bonchev–Trinajstić information content (AvgIpc) is 2.48. The first-order valence-corrected chi connectivity index (χ1v) is 7.43. The summed E-state index contributed by atoms with van der Waals surface area (Å²) in [6.07, 6.45) is 2.16. The van der Waals surface area contributed by atoms with Crippen molar-refractivity contribution < 1.29 is 9.59 Å². The number of likely N-dealkylation sites (tertiary alicyclic amines) is 1. The molecule has 21 heavy (non-hydrogen) atoms. The highest BCUT2D eigenvalue weighted by Gasteiger charge is 2.24. The van der Waals surface area contributed by atoms with Gasteiger partial charge in [0.1, 0.15) is 0 Å². The molecule has 5 heteroatoms. The van der Waals surface area contributed by atoms with Crippen LogP contribution in [0, 0.1) is 5.92 Å². The Morgan fingerprint density at radius 1 is 1.38 bits per heavy atom. The number of benzene rings is 1. The molecule has 1 aliphatic rings. The van der Waals surface area contributed by atoms with Crippen LogP contribution in [0.1, 0.15) is 30.1 Å². The van der Waals surface area contributed by atoms with Crippen LogP contribution in [-0.4, -0.2) is 42.4 Å². The highest BCUT2D eigenvalue weighted by atomic mass is 16.2. The van der Waals surface area contributed by atoms with Crippen molar-refractivity contribution in [3.05, 3.63) is 35.9 Å². The van der Waals surface area contributed by atoms with E-state index in [4.69, 9.17) is 5.73 Å². The van der Waals surface area contributed by atoms with Gasteiger partial charge in [-0.05, 0) is 44.4 Å². The van der Waals surface area contributed by atoms with Gasteiger partial charge in [0.2, 0.25) is 5.91 Å². The first-order chi connectivity index (χ1) is 10.1. The lowest BCUT2D eigenvalue weighted by molar-refractivity contribution is -0.121. The van der Waals surface area contributed by atoms with E-state index in [1.807, 2.05) is 13.0 Å². The Kier molecular flexibility index (Phi) is 5.47. The van der Waals surface area contributed by atoms with Crippen LogP contribution >= 0.6 is 0 Å². The second kappa shape index (κ2) is 7.33. The second-order valence-corrected chi connectivity index (χ2v) is 5.74. The number of nitrogens with one attached hydrogen (secondary N) is 1. The van der Waals surface area contributed by atoms with Crippen molar-refractivity contribution in [2.75, 3.05) is 19.6 Å². The standard InChI is InChI=1S/C16H23N3O2/c1-12(17)14-8-5-9-19(10-14)11-15(20)18-16(21)13-6-3-2-4-7-13/h2-4,6-7,12,14H,5,8-11,17H2,1H3,(H,18,20,21). The van der Waals surface area contributed by atoms with Gasteiger partial charge in [-0.15, -0.1) is 0 Å². The zero-order valence-electron chi connectivity index (χ0n) is 12.4. The van der Waals surface area contributed by atoms with Gasteiger partial charge in [-0.2, -0.15) is 0 Å². The summed E-state index contributed by atoms with van der Waals surface area (Å²) < 4.78 is 0. The maximum Gasteiger partial charge on any atom is 0.257 e. The van der Waals surface area contributed by atoms with Crippen molar-refractivity contribution in [2.45, 2.75) is 25.8 Å². The summed E-state index contributed by atoms with van der Waals surface area (Å²) in [4.78, 5) is 25.9. The summed E-state index contributed by atoms with van der Waals surface area (Å²) in [5, 5.41) is 2.44. The van der Waals surface area contributed by atoms with E-state index in [1.165, 1.54) is 0 Å². The zero-order valence-corrected chi connectivity index (χ0v) is 12.4. The minimum atomic E-state index is -0.346. The fraction of sp³-hybridized carbons (Fsp3) is 0.500. The Bertz CT molecular complexity index is 488. The molecular formula is C16H23N3O2. The maximum atomic E-state index is 12.0. The molecule has 0 aromatic heterocycles. The van der Waals surface area contributed by atoms with Gasteiger partial charge in [-0.3, -0.25) is 19.8 Å². The van der Waals surface area contributed by atoms with E-state index in [2.05, 4.69) is 10.2 Å². The molecule has 1 heterocycles. The van der Waals surface area contributed by atoms with E-state index >= 15 is 0 Å². The quantitative estimate of drug-likeness (QED) is 0.867. The molecule has 1 saturated heterocycles. The van der Waals surface area contributed by atoms with E-state index in [9.17, 15) is 9.59 Å². The van der Waals surface area contributed by atoms with E-state index < -0.39 is 0 Å². The van der Waals surface area contributed by atoms with Crippen LogP contribution in [0.5, 0.6) is 0 Å². The minimum Gasteiger partial charge on any atom is -0.328 e. The van der Waals surface area contributed by atoms with Gasteiger partial charge in [0.05, 0.1) is 6.54 Å². The molecule has 1 aromatic rings. The van der Waals surface area contributed by atoms with Crippen LogP contribution < -0.4 is 11.1 Å². The lowest BCUT2D eigenvalue weighted by atomic mass is 9.92. The largest absolute Gasteiger partial charge is 0.328 e. The van der Waals surface area contributed by atoms with Gasteiger partial charge in [-0.25, -0.2) is 0 Å². The van der Waals surface area contributed by atoms with Crippen molar-refractivity contribution in [1.82, 2.24) is 10.2 Å². The molecule has 0 saturated carbocycles. The van der Waals surface area contributed by atoms with Crippen LogP contribution in [0.4, 0.5) is 0 Å². The molecule has 1 aromatic carbocycles. The summed E-state index contributed by atoms with van der Waals surface area (Å²) in [6, 6.07) is 8.90. The number of carbonyl (C=O) groups is 2. The highest BCUT2D eigenvalue weighted by Crippen LogP contribution is 2.18. The SMILES string of the molecule is CC(N)C1CCCN(CC(=O)NC(=O)c2ccccc2)C1. The monoisotopic (exact) mass is 289 g/mol. The van der Waals surface area contributed by atoms with Crippen LogP contribution in [-0.2, 0) is 4.79 Å². The first-order valence-electron chi connectivity index (χ1n) is 7.43. The number of imide groups is 1. The summed E-state index contributed by atoms with van der Waals surface area (Å²) >= 11 is 0. The number of carbonyl (C=O) groups excluding carboxylic acids is 2. The number of rotatable bonds is 4. The fourth-order valence-electron chi connectivity index (χ4n) is 2.70. The van der Waals surface area contributed by atoms with Crippen molar-refractivity contribution >= 4 is 11.8 Å². The van der Waals surface area contributed by atoms with Gasteiger partial charge < -0.3 is 5.73 Å². The fourth-order valence-corrected chi connectivity index (χ4v) is 2.70. The molecule has 1 fully saturated rings. The van der Waals surface area contributed by atoms with Gasteiger partial charge in [0.15, 0.2) is 0 Å². The zero-order chi connectivity index (χ0) is 15.2. The lowest BCUT2D eigenvalue weighted by Gasteiger charge is -2.34. The molecule has 114 valence electrons. The van der Waals surface area contributed by atoms with Crippen LogP contribution in [0.2, 0.25) is 0 Å². The Labute approximate surface area is 125 Å². The summed E-state index contributed by atoms with van der Waals surface area (Å²) in [7, 11) is 0. The topological polar surface area (TPSA) is 75.4 Å². The number of nitrogens with two attached hydrogens (primary N) is 1. The average molecular weight is 289 g/mol. The number of hydrogen-bond donors (Lipinski definition) is 2. The molecule has 0 bridgehead atoms. The van der Waals surface area contributed by atoms with Crippen molar-refractivity contribution in [3.63, 3.8) is 0 Å². The molecule has 2 rings (SSSR count). The highest BCUT2D eigenvalue weighted by molar-refractivity contribution is 6.05. The third-order valence-corrected chi connectivity index (χ3v) is 3.94. The normalized spacial score (nSPS) is 20.8. The number of hydrogen-bond acceptors (Lipinski definition) is 4. The molecule has 2 amide bonds. The van der Waals surface area contributed by atoms with Gasteiger partial charge in [0.25, 0.3) is 5.91 Å². The summed E-state index contributed by atoms with van der Waals surface area (Å²) in [6.45, 7) is 3.97. The lowest BCUT2D eigenvalue weighted by Crippen LogP contribution is -2.47. The molecule has 0 aliphatic carbocycles. The van der Waals surface area contributed by atoms with Gasteiger partial charge in [-0.1, -0.05) is 18.2 Å². The Morgan fingerprint density at radius 3 is 2.76 bits per heavy atom. The van der Waals surface area contributed by atoms with Crippen LogP contribution in [0.15, 0.2) is 30.3 Å². The Morgan fingerprint density at radius 2 is 2.10 bits per heavy atom. The third-order valence-electron chi connectivity index (χ3n) is 3.94. The van der Waals surface area contributed by atoms with E-state index in [0.29, 0.717) is 11.5 Å². The predicted octanol–water partition coefficient (Wildman–Crippen LogP) is 1.00. The molecule has 3 N–H and O–H groups in total. The van der Waals surface area contributed by atoms with Crippen molar-refractivity contribution in [2.24, 2.45) is 11.7 Å². The smallest absolute Gasteiger partial charge is 0.257 e. The molecular weight excluding hydrogens is 266 g/mol. The molecule has 0 radical (unpaired) electrons. The molecule has 0 spiro atoms. The van der Waals surface area contributed by atoms with E-state index in [0.717, 1.165) is 25.9 Å². The van der Waals surface area contributed by atoms with Crippen molar-refractivity contribution in [3.8, 4) is 0 Å². The number of amides is 2. The number of piperidine rings is 1. The predicted molar refractivity (Wildman–Crippen MR) is 81.7 cm³/mol. The second-order valence-electron chi connectivity index (χ2n) is 5.74.